The molecule has 1 heterocycles. The lowest BCUT2D eigenvalue weighted by Crippen LogP contribution is -2.24. The fourth-order valence-electron chi connectivity index (χ4n) is 1.35. The Morgan fingerprint density at radius 1 is 1.80 bits per heavy atom. The molecule has 0 aromatic rings. The zero-order valence-electron chi connectivity index (χ0n) is 6.55. The molecule has 0 aromatic carbocycles. The molecular weight excluding hydrogens is 126 g/mol. The average molecular weight is 139 g/mol. The fourth-order valence-corrected chi connectivity index (χ4v) is 1.35. The van der Waals surface area contributed by atoms with Crippen molar-refractivity contribution in [2.24, 2.45) is 5.92 Å². The van der Waals surface area contributed by atoms with Crippen molar-refractivity contribution >= 4 is 5.91 Å². The van der Waals surface area contributed by atoms with Gasteiger partial charge in [-0.1, -0.05) is 13.5 Å². The van der Waals surface area contributed by atoms with Crippen molar-refractivity contribution < 1.29 is 4.79 Å². The molecule has 0 saturated carbocycles. The first-order chi connectivity index (χ1) is 4.66. The van der Waals surface area contributed by atoms with Gasteiger partial charge in [-0.25, -0.2) is 0 Å². The van der Waals surface area contributed by atoms with Gasteiger partial charge in [0, 0.05) is 18.2 Å². The normalized spacial score (nSPS) is 26.2. The Labute approximate surface area is 61.5 Å². The minimum absolute atomic E-state index is 0.160. The standard InChI is InChI=1S/C8H13NO/c1-4-9-7(3)5-6(2)8(9)10/h6H,3-5H2,1-2H3. The van der Waals surface area contributed by atoms with Crippen LogP contribution in [-0.4, -0.2) is 17.4 Å². The van der Waals surface area contributed by atoms with Crippen LogP contribution >= 0.6 is 0 Å². The Morgan fingerprint density at radius 3 is 2.60 bits per heavy atom. The van der Waals surface area contributed by atoms with Gasteiger partial charge in [-0.05, 0) is 13.3 Å². The molecule has 1 fully saturated rings. The first-order valence-electron chi connectivity index (χ1n) is 3.66. The number of carbonyl (C=O) groups excluding carboxylic acids is 1. The van der Waals surface area contributed by atoms with E-state index in [2.05, 4.69) is 6.58 Å². The van der Waals surface area contributed by atoms with E-state index in [1.54, 1.807) is 4.90 Å². The molecule has 10 heavy (non-hydrogen) atoms. The molecular formula is C8H13NO. The smallest absolute Gasteiger partial charge is 0.229 e. The van der Waals surface area contributed by atoms with Crippen LogP contribution in [-0.2, 0) is 4.79 Å². The van der Waals surface area contributed by atoms with Gasteiger partial charge in [0.2, 0.25) is 5.91 Å². The van der Waals surface area contributed by atoms with E-state index in [9.17, 15) is 4.79 Å². The number of nitrogens with zero attached hydrogens (tertiary/aromatic N) is 1. The van der Waals surface area contributed by atoms with E-state index in [-0.39, 0.29) is 11.8 Å². The van der Waals surface area contributed by atoms with Crippen LogP contribution in [0, 0.1) is 5.92 Å². The molecule has 1 atom stereocenters. The highest BCUT2D eigenvalue weighted by atomic mass is 16.2. The lowest BCUT2D eigenvalue weighted by Gasteiger charge is -2.13. The van der Waals surface area contributed by atoms with Gasteiger partial charge in [-0.15, -0.1) is 0 Å². The van der Waals surface area contributed by atoms with E-state index in [1.807, 2.05) is 13.8 Å². The van der Waals surface area contributed by atoms with E-state index in [4.69, 9.17) is 0 Å². The number of hydrogen-bond donors (Lipinski definition) is 0. The topological polar surface area (TPSA) is 20.3 Å². The molecule has 0 radical (unpaired) electrons. The van der Waals surface area contributed by atoms with Crippen molar-refractivity contribution in [1.29, 1.82) is 0 Å². The summed E-state index contributed by atoms with van der Waals surface area (Å²) < 4.78 is 0. The molecule has 0 bridgehead atoms. The lowest BCUT2D eigenvalue weighted by atomic mass is 10.1. The minimum atomic E-state index is 0.160. The number of likely N-dealkylation sites (tertiary alicyclic amines) is 1. The maximum atomic E-state index is 11.2. The van der Waals surface area contributed by atoms with Crippen molar-refractivity contribution in [1.82, 2.24) is 4.90 Å². The van der Waals surface area contributed by atoms with Gasteiger partial charge in [0.15, 0.2) is 0 Å². The lowest BCUT2D eigenvalue weighted by molar-refractivity contribution is -0.129. The average Bonchev–Trinajstić information content (AvgIpc) is 2.09. The Hall–Kier alpha value is -0.790. The molecule has 0 spiro atoms. The second-order valence-corrected chi connectivity index (χ2v) is 2.75. The summed E-state index contributed by atoms with van der Waals surface area (Å²) in [4.78, 5) is 13.0. The van der Waals surface area contributed by atoms with E-state index >= 15 is 0 Å². The van der Waals surface area contributed by atoms with Gasteiger partial charge in [0.05, 0.1) is 0 Å². The number of amides is 1. The predicted octanol–water partition coefficient (Wildman–Crippen LogP) is 1.39. The number of allylic oxidation sites excluding steroid dienone is 1. The first-order valence-corrected chi connectivity index (χ1v) is 3.66. The van der Waals surface area contributed by atoms with Gasteiger partial charge in [0.1, 0.15) is 0 Å². The van der Waals surface area contributed by atoms with Crippen LogP contribution in [0.15, 0.2) is 12.3 Å². The van der Waals surface area contributed by atoms with Crippen LogP contribution in [0.4, 0.5) is 0 Å². The zero-order valence-corrected chi connectivity index (χ0v) is 6.55. The molecule has 2 heteroatoms. The Bertz CT molecular complexity index is 174. The molecule has 0 aliphatic carbocycles. The third-order valence-corrected chi connectivity index (χ3v) is 1.93. The highest BCUT2D eigenvalue weighted by Crippen LogP contribution is 2.25. The Balaban J connectivity index is 2.74. The summed E-state index contributed by atoms with van der Waals surface area (Å²) in [6.07, 6.45) is 0.840. The summed E-state index contributed by atoms with van der Waals surface area (Å²) in [5.41, 5.74) is 0.972. The summed E-state index contributed by atoms with van der Waals surface area (Å²) in [5.74, 6) is 0.389. The summed E-state index contributed by atoms with van der Waals surface area (Å²) in [6, 6.07) is 0. The third kappa shape index (κ3) is 0.939. The highest BCUT2D eigenvalue weighted by Gasteiger charge is 2.29. The molecule has 0 N–H and O–H groups in total. The van der Waals surface area contributed by atoms with Gasteiger partial charge in [-0.2, -0.15) is 0 Å². The van der Waals surface area contributed by atoms with Crippen LogP contribution < -0.4 is 0 Å². The maximum Gasteiger partial charge on any atom is 0.229 e. The van der Waals surface area contributed by atoms with Crippen molar-refractivity contribution in [2.45, 2.75) is 20.3 Å². The second kappa shape index (κ2) is 2.45. The van der Waals surface area contributed by atoms with Gasteiger partial charge >= 0.3 is 0 Å². The second-order valence-electron chi connectivity index (χ2n) is 2.75. The number of rotatable bonds is 1. The SMILES string of the molecule is C=C1CC(C)C(=O)N1CC. The molecule has 2 nitrogen and oxygen atoms in total. The largest absolute Gasteiger partial charge is 0.317 e. The van der Waals surface area contributed by atoms with Crippen molar-refractivity contribution in [3.05, 3.63) is 12.3 Å². The zero-order chi connectivity index (χ0) is 7.72. The molecule has 0 aromatic heterocycles. The summed E-state index contributed by atoms with van der Waals surface area (Å²) in [6.45, 7) is 8.50. The van der Waals surface area contributed by atoms with Crippen LogP contribution in [0.25, 0.3) is 0 Å². The van der Waals surface area contributed by atoms with E-state index in [1.165, 1.54) is 0 Å². The maximum absolute atomic E-state index is 11.2. The molecule has 1 saturated heterocycles. The molecule has 1 unspecified atom stereocenters. The first kappa shape index (κ1) is 7.32. The van der Waals surface area contributed by atoms with E-state index in [0.29, 0.717) is 0 Å². The molecule has 56 valence electrons. The summed E-state index contributed by atoms with van der Waals surface area (Å²) in [7, 11) is 0. The number of hydrogen-bond acceptors (Lipinski definition) is 1. The monoisotopic (exact) mass is 139 g/mol. The van der Waals surface area contributed by atoms with E-state index in [0.717, 1.165) is 18.7 Å². The highest BCUT2D eigenvalue weighted by molar-refractivity contribution is 5.83. The van der Waals surface area contributed by atoms with Gasteiger partial charge in [-0.3, -0.25) is 4.79 Å². The molecule has 1 aliphatic heterocycles. The summed E-state index contributed by atoms with van der Waals surface area (Å²) in [5, 5.41) is 0. The van der Waals surface area contributed by atoms with Gasteiger partial charge < -0.3 is 4.90 Å². The van der Waals surface area contributed by atoms with Crippen LogP contribution in [0.1, 0.15) is 20.3 Å². The number of carbonyl (C=O) groups is 1. The molecule has 1 amide bonds. The quantitative estimate of drug-likeness (QED) is 0.537. The van der Waals surface area contributed by atoms with E-state index < -0.39 is 0 Å². The minimum Gasteiger partial charge on any atom is -0.317 e. The van der Waals surface area contributed by atoms with Crippen molar-refractivity contribution in [3.63, 3.8) is 0 Å². The summed E-state index contributed by atoms with van der Waals surface area (Å²) >= 11 is 0. The molecule has 1 rings (SSSR count). The Morgan fingerprint density at radius 2 is 2.40 bits per heavy atom. The van der Waals surface area contributed by atoms with Gasteiger partial charge in [0.25, 0.3) is 0 Å². The Kier molecular flexibility index (Phi) is 1.79. The van der Waals surface area contributed by atoms with Crippen molar-refractivity contribution in [2.75, 3.05) is 6.54 Å². The van der Waals surface area contributed by atoms with Crippen molar-refractivity contribution in [3.8, 4) is 0 Å². The predicted molar refractivity (Wildman–Crippen MR) is 40.3 cm³/mol. The molecule has 1 aliphatic rings. The van der Waals surface area contributed by atoms with Crippen LogP contribution in [0.5, 0.6) is 0 Å². The van der Waals surface area contributed by atoms with Crippen LogP contribution in [0.2, 0.25) is 0 Å². The third-order valence-electron chi connectivity index (χ3n) is 1.93. The van der Waals surface area contributed by atoms with Crippen LogP contribution in [0.3, 0.4) is 0 Å². The fraction of sp³-hybridized carbons (Fsp3) is 0.625.